The molecular formula is C24H28N4O6. The van der Waals surface area contributed by atoms with E-state index < -0.39 is 18.2 Å². The number of nitrogens with one attached hydrogen (secondary N) is 2. The van der Waals surface area contributed by atoms with Gasteiger partial charge in [0.25, 0.3) is 5.91 Å². The van der Waals surface area contributed by atoms with Gasteiger partial charge >= 0.3 is 5.97 Å². The van der Waals surface area contributed by atoms with Gasteiger partial charge in [0, 0.05) is 25.1 Å². The summed E-state index contributed by atoms with van der Waals surface area (Å²) < 4.78 is 12.3. The fourth-order valence-electron chi connectivity index (χ4n) is 3.97. The topological polar surface area (TPSA) is 135 Å². The van der Waals surface area contributed by atoms with Crippen molar-refractivity contribution >= 4 is 34.3 Å². The molecule has 1 aliphatic rings. The molecule has 3 heterocycles. The molecule has 1 aromatic carbocycles. The minimum absolute atomic E-state index is 0.107. The molecule has 10 heteroatoms. The van der Waals surface area contributed by atoms with E-state index in [4.69, 9.17) is 14.6 Å². The predicted octanol–water partition coefficient (Wildman–Crippen LogP) is 1.75. The monoisotopic (exact) mass is 468 g/mol. The van der Waals surface area contributed by atoms with E-state index in [0.29, 0.717) is 36.3 Å². The van der Waals surface area contributed by atoms with Crippen LogP contribution < -0.4 is 10.6 Å². The van der Waals surface area contributed by atoms with Gasteiger partial charge in [-0.1, -0.05) is 30.3 Å². The van der Waals surface area contributed by atoms with Crippen molar-refractivity contribution in [1.29, 1.82) is 0 Å². The lowest BCUT2D eigenvalue weighted by molar-refractivity contribution is -0.124. The first-order chi connectivity index (χ1) is 16.5. The number of anilines is 2. The molecule has 4 N–H and O–H groups in total. The molecule has 0 saturated carbocycles. The third-order valence-electron chi connectivity index (χ3n) is 5.68. The Hall–Kier alpha value is -3.47. The van der Waals surface area contributed by atoms with E-state index in [1.807, 2.05) is 30.3 Å². The number of aliphatic hydroxyl groups is 2. The summed E-state index contributed by atoms with van der Waals surface area (Å²) in [4.78, 5) is 30.4. The van der Waals surface area contributed by atoms with Crippen LogP contribution in [-0.2, 0) is 20.8 Å². The van der Waals surface area contributed by atoms with Gasteiger partial charge in [0.1, 0.15) is 11.8 Å². The minimum Gasteiger partial charge on any atom is -0.464 e. The minimum atomic E-state index is -0.942. The number of aliphatic hydroxyl groups excluding tert-OH is 2. The number of amides is 1. The van der Waals surface area contributed by atoms with E-state index in [-0.39, 0.29) is 30.4 Å². The van der Waals surface area contributed by atoms with Gasteiger partial charge < -0.3 is 34.9 Å². The largest absolute Gasteiger partial charge is 0.464 e. The molecule has 0 aliphatic carbocycles. The number of hydrogen-bond acceptors (Lipinski definition) is 8. The van der Waals surface area contributed by atoms with Crippen LogP contribution in [0.2, 0.25) is 0 Å². The van der Waals surface area contributed by atoms with Crippen molar-refractivity contribution in [3.63, 3.8) is 0 Å². The van der Waals surface area contributed by atoms with Gasteiger partial charge in [0.2, 0.25) is 0 Å². The van der Waals surface area contributed by atoms with Crippen molar-refractivity contribution in [1.82, 2.24) is 9.55 Å². The first-order valence-electron chi connectivity index (χ1n) is 11.1. The van der Waals surface area contributed by atoms with Gasteiger partial charge in [-0.25, -0.2) is 9.78 Å². The highest BCUT2D eigenvalue weighted by molar-refractivity contribution is 6.12. The summed E-state index contributed by atoms with van der Waals surface area (Å²) >= 11 is 0. The number of pyridine rings is 1. The second-order valence-electron chi connectivity index (χ2n) is 8.09. The van der Waals surface area contributed by atoms with Crippen LogP contribution in [0.15, 0.2) is 42.6 Å². The molecule has 10 nitrogen and oxygen atoms in total. The maximum absolute atomic E-state index is 12.9. The number of hydrogen-bond donors (Lipinski definition) is 4. The van der Waals surface area contributed by atoms with Crippen LogP contribution in [0, 0.1) is 0 Å². The van der Waals surface area contributed by atoms with Crippen LogP contribution in [0.1, 0.15) is 28.9 Å². The van der Waals surface area contributed by atoms with E-state index in [2.05, 4.69) is 15.6 Å². The highest BCUT2D eigenvalue weighted by atomic mass is 16.5. The van der Waals surface area contributed by atoms with E-state index in [1.165, 1.54) is 7.11 Å². The van der Waals surface area contributed by atoms with Crippen LogP contribution >= 0.6 is 0 Å². The van der Waals surface area contributed by atoms with E-state index in [0.717, 1.165) is 12.0 Å². The molecular weight excluding hydrogens is 440 g/mol. The first kappa shape index (κ1) is 23.7. The van der Waals surface area contributed by atoms with Gasteiger partial charge in [-0.3, -0.25) is 4.79 Å². The number of esters is 1. The summed E-state index contributed by atoms with van der Waals surface area (Å²) in [5.41, 5.74) is 2.45. The molecule has 0 spiro atoms. The highest BCUT2D eigenvalue weighted by Crippen LogP contribution is 2.34. The summed E-state index contributed by atoms with van der Waals surface area (Å²) in [5, 5.41) is 25.2. The molecule has 1 saturated heterocycles. The lowest BCUT2D eigenvalue weighted by Gasteiger charge is -2.13. The van der Waals surface area contributed by atoms with E-state index >= 15 is 0 Å². The molecule has 1 fully saturated rings. The van der Waals surface area contributed by atoms with E-state index in [1.54, 1.807) is 16.8 Å². The van der Waals surface area contributed by atoms with Crippen LogP contribution in [-0.4, -0.2) is 70.7 Å². The Balaban J connectivity index is 1.82. The number of carbonyl (C=O) groups excluding carboxylic acids is 2. The zero-order valence-electron chi connectivity index (χ0n) is 18.9. The van der Waals surface area contributed by atoms with Crippen LogP contribution in [0.3, 0.4) is 0 Å². The van der Waals surface area contributed by atoms with Gasteiger partial charge in [-0.15, -0.1) is 0 Å². The van der Waals surface area contributed by atoms with Crippen molar-refractivity contribution in [2.45, 2.75) is 31.6 Å². The summed E-state index contributed by atoms with van der Waals surface area (Å²) in [5.74, 6) is -0.947. The highest BCUT2D eigenvalue weighted by Gasteiger charge is 2.30. The van der Waals surface area contributed by atoms with Crippen LogP contribution in [0.25, 0.3) is 11.0 Å². The molecule has 180 valence electrons. The molecule has 0 radical (unpaired) electrons. The van der Waals surface area contributed by atoms with Crippen LogP contribution in [0.4, 0.5) is 11.4 Å². The number of ether oxygens (including phenoxy) is 2. The number of fused-ring (bicyclic) bond motifs is 1. The van der Waals surface area contributed by atoms with Crippen molar-refractivity contribution < 1.29 is 29.3 Å². The summed E-state index contributed by atoms with van der Waals surface area (Å²) in [6.45, 7) is 0.572. The van der Waals surface area contributed by atoms with E-state index in [9.17, 15) is 14.7 Å². The average Bonchev–Trinajstić information content (AvgIpc) is 3.50. The normalized spacial score (nSPS) is 16.4. The smallest absolute Gasteiger partial charge is 0.356 e. The molecule has 2 atom stereocenters. The average molecular weight is 469 g/mol. The number of rotatable bonds is 9. The zero-order valence-corrected chi connectivity index (χ0v) is 18.9. The Morgan fingerprint density at radius 3 is 2.79 bits per heavy atom. The van der Waals surface area contributed by atoms with Crippen molar-refractivity contribution in [3.8, 4) is 0 Å². The Bertz CT molecular complexity index is 1160. The third kappa shape index (κ3) is 5.04. The van der Waals surface area contributed by atoms with Crippen LogP contribution in [0.5, 0.6) is 0 Å². The number of benzene rings is 1. The molecule has 4 rings (SSSR count). The maximum Gasteiger partial charge on any atom is 0.356 e. The van der Waals surface area contributed by atoms with Gasteiger partial charge in [-0.2, -0.15) is 0 Å². The number of aromatic nitrogens is 2. The Labute approximate surface area is 196 Å². The molecule has 0 unspecified atom stereocenters. The van der Waals surface area contributed by atoms with Crippen molar-refractivity contribution in [3.05, 3.63) is 53.9 Å². The number of carbonyl (C=O) groups is 2. The Morgan fingerprint density at radius 2 is 2.12 bits per heavy atom. The molecule has 34 heavy (non-hydrogen) atoms. The number of methoxy groups -OCH3 is 1. The fraction of sp³-hybridized carbons (Fsp3) is 0.375. The molecule has 3 aromatic rings. The summed E-state index contributed by atoms with van der Waals surface area (Å²) in [7, 11) is 1.29. The Kier molecular flexibility index (Phi) is 7.41. The first-order valence-corrected chi connectivity index (χ1v) is 11.1. The second kappa shape index (κ2) is 10.6. The van der Waals surface area contributed by atoms with Gasteiger partial charge in [0.05, 0.1) is 37.4 Å². The zero-order chi connectivity index (χ0) is 24.1. The standard InChI is InChI=1S/C24H28N4O6/c1-33-24(32)21-20(27-23(31)19-8-5-9-34-19)18-10-16(25-12-17(30)14-29)11-26-22(18)28(21)13-15-6-3-2-4-7-15/h2-4,6-7,10-11,17,19,25,29-30H,5,8-9,12-14H2,1H3,(H,27,31)/t17-,19+/m1/s1. The second-order valence-corrected chi connectivity index (χ2v) is 8.09. The molecule has 1 amide bonds. The molecule has 0 bridgehead atoms. The Morgan fingerprint density at radius 1 is 1.32 bits per heavy atom. The fourth-order valence-corrected chi connectivity index (χ4v) is 3.97. The lowest BCUT2D eigenvalue weighted by Crippen LogP contribution is -2.28. The summed E-state index contributed by atoms with van der Waals surface area (Å²) in [6, 6.07) is 11.3. The third-order valence-corrected chi connectivity index (χ3v) is 5.68. The lowest BCUT2D eigenvalue weighted by atomic mass is 10.2. The molecule has 2 aromatic heterocycles. The SMILES string of the molecule is COC(=O)c1c(NC(=O)[C@@H]2CCCO2)c2cc(NC[C@@H](O)CO)cnc2n1Cc1ccccc1. The van der Waals surface area contributed by atoms with Gasteiger partial charge in [-0.05, 0) is 24.5 Å². The maximum atomic E-state index is 12.9. The number of nitrogens with zero attached hydrogens (tertiary/aromatic N) is 2. The molecule has 1 aliphatic heterocycles. The van der Waals surface area contributed by atoms with Crippen molar-refractivity contribution in [2.75, 3.05) is 37.5 Å². The van der Waals surface area contributed by atoms with Crippen molar-refractivity contribution in [2.24, 2.45) is 0 Å². The van der Waals surface area contributed by atoms with Gasteiger partial charge in [0.15, 0.2) is 5.69 Å². The summed E-state index contributed by atoms with van der Waals surface area (Å²) in [6.07, 6.45) is 1.43. The predicted molar refractivity (Wildman–Crippen MR) is 126 cm³/mol. The quantitative estimate of drug-likeness (QED) is 0.349.